The fourth-order valence-corrected chi connectivity index (χ4v) is 2.42. The summed E-state index contributed by atoms with van der Waals surface area (Å²) in [6.07, 6.45) is 0.773. The van der Waals surface area contributed by atoms with Crippen molar-refractivity contribution in [1.29, 1.82) is 0 Å². The number of hydrogen-bond acceptors (Lipinski definition) is 3. The van der Waals surface area contributed by atoms with Gasteiger partial charge in [-0.05, 0) is 13.3 Å². The first kappa shape index (κ1) is 16.5. The normalized spacial score (nSPS) is 21.6. The summed E-state index contributed by atoms with van der Waals surface area (Å²) in [4.78, 5) is 26.9. The van der Waals surface area contributed by atoms with Crippen LogP contribution in [0.15, 0.2) is 12.2 Å². The van der Waals surface area contributed by atoms with Crippen molar-refractivity contribution in [1.82, 2.24) is 9.80 Å². The van der Waals surface area contributed by atoms with Crippen molar-refractivity contribution in [2.24, 2.45) is 5.92 Å². The Hall–Kier alpha value is -1.56. The van der Waals surface area contributed by atoms with Gasteiger partial charge in [0.15, 0.2) is 0 Å². The summed E-state index contributed by atoms with van der Waals surface area (Å²) < 4.78 is 5.26. The zero-order chi connectivity index (χ0) is 15.3. The van der Waals surface area contributed by atoms with Crippen LogP contribution in [0.3, 0.4) is 0 Å². The number of carbonyl (C=O) groups excluding carboxylic acids is 1. The van der Waals surface area contributed by atoms with Crippen LogP contribution in [-0.2, 0) is 9.53 Å². The van der Waals surface area contributed by atoms with Crippen LogP contribution in [-0.4, -0.2) is 66.3 Å². The van der Waals surface area contributed by atoms with E-state index < -0.39 is 17.9 Å². The van der Waals surface area contributed by atoms with Crippen LogP contribution in [0, 0.1) is 5.92 Å². The fourth-order valence-electron chi connectivity index (χ4n) is 2.42. The maximum atomic E-state index is 12.5. The summed E-state index contributed by atoms with van der Waals surface area (Å²) in [7, 11) is 1.70. The molecule has 0 aromatic carbocycles. The van der Waals surface area contributed by atoms with E-state index in [1.165, 1.54) is 0 Å². The molecule has 6 heteroatoms. The first-order valence-corrected chi connectivity index (χ1v) is 6.85. The van der Waals surface area contributed by atoms with E-state index in [4.69, 9.17) is 4.74 Å². The van der Waals surface area contributed by atoms with E-state index in [1.807, 2.05) is 13.8 Å². The molecule has 0 radical (unpaired) electrons. The van der Waals surface area contributed by atoms with E-state index in [-0.39, 0.29) is 19.2 Å². The van der Waals surface area contributed by atoms with Crippen LogP contribution in [0.5, 0.6) is 0 Å². The van der Waals surface area contributed by atoms with Gasteiger partial charge in [0, 0.05) is 20.1 Å². The molecular formula is C14H24N2O4. The molecule has 6 nitrogen and oxygen atoms in total. The van der Waals surface area contributed by atoms with E-state index in [0.717, 1.165) is 12.0 Å². The number of urea groups is 1. The molecule has 2 amide bonds. The highest BCUT2D eigenvalue weighted by molar-refractivity contribution is 5.77. The number of ether oxygens (including phenoxy) is 1. The largest absolute Gasteiger partial charge is 0.481 e. The van der Waals surface area contributed by atoms with E-state index in [0.29, 0.717) is 13.1 Å². The van der Waals surface area contributed by atoms with Crippen LogP contribution < -0.4 is 0 Å². The summed E-state index contributed by atoms with van der Waals surface area (Å²) in [5, 5.41) is 9.22. The van der Waals surface area contributed by atoms with Gasteiger partial charge in [-0.1, -0.05) is 19.1 Å². The standard InChI is InChI=1S/C14H24N2O4/c1-5-6-16(14(19)15(4)7-10(2)3)12-9-20-8-11(12)13(17)18/h11-12H,2,5-9H2,1,3-4H3,(H,17,18). The predicted octanol–water partition coefficient (Wildman–Crippen LogP) is 1.43. The average molecular weight is 284 g/mol. The molecule has 1 aliphatic heterocycles. The Morgan fingerprint density at radius 2 is 2.05 bits per heavy atom. The molecule has 2 atom stereocenters. The zero-order valence-corrected chi connectivity index (χ0v) is 12.5. The van der Waals surface area contributed by atoms with Gasteiger partial charge < -0.3 is 19.6 Å². The Morgan fingerprint density at radius 3 is 2.55 bits per heavy atom. The molecule has 0 aromatic rings. The SMILES string of the molecule is C=C(C)CN(C)C(=O)N(CCC)C1COCC1C(=O)O. The Labute approximate surface area is 120 Å². The third-order valence-electron chi connectivity index (χ3n) is 3.31. The number of likely N-dealkylation sites (N-methyl/N-ethyl adjacent to an activating group) is 1. The Morgan fingerprint density at radius 1 is 1.40 bits per heavy atom. The molecule has 0 aromatic heterocycles. The molecule has 0 spiro atoms. The number of nitrogens with zero attached hydrogens (tertiary/aromatic N) is 2. The smallest absolute Gasteiger partial charge is 0.320 e. The second-order valence-electron chi connectivity index (χ2n) is 5.34. The number of carboxylic acid groups (broad SMARTS) is 1. The molecule has 1 heterocycles. The van der Waals surface area contributed by atoms with Crippen LogP contribution in [0.1, 0.15) is 20.3 Å². The molecule has 1 saturated heterocycles. The van der Waals surface area contributed by atoms with Crippen molar-refractivity contribution in [3.05, 3.63) is 12.2 Å². The van der Waals surface area contributed by atoms with Gasteiger partial charge >= 0.3 is 12.0 Å². The maximum absolute atomic E-state index is 12.5. The quantitative estimate of drug-likeness (QED) is 0.749. The van der Waals surface area contributed by atoms with E-state index in [9.17, 15) is 14.7 Å². The number of hydrogen-bond donors (Lipinski definition) is 1. The second kappa shape index (κ2) is 7.28. The van der Waals surface area contributed by atoms with Gasteiger partial charge in [0.25, 0.3) is 0 Å². The van der Waals surface area contributed by atoms with Crippen LogP contribution in [0.4, 0.5) is 4.79 Å². The summed E-state index contributed by atoms with van der Waals surface area (Å²) in [6, 6.07) is -0.566. The highest BCUT2D eigenvalue weighted by Crippen LogP contribution is 2.21. The summed E-state index contributed by atoms with van der Waals surface area (Å²) >= 11 is 0. The van der Waals surface area contributed by atoms with Gasteiger partial charge in [-0.15, -0.1) is 0 Å². The topological polar surface area (TPSA) is 70.1 Å². The first-order valence-electron chi connectivity index (χ1n) is 6.85. The van der Waals surface area contributed by atoms with Crippen molar-refractivity contribution in [2.75, 3.05) is 33.4 Å². The minimum absolute atomic E-state index is 0.164. The molecule has 0 aliphatic carbocycles. The van der Waals surface area contributed by atoms with Crippen molar-refractivity contribution >= 4 is 12.0 Å². The molecule has 1 fully saturated rings. The van der Waals surface area contributed by atoms with E-state index in [2.05, 4.69) is 6.58 Å². The number of aliphatic carboxylic acids is 1. The van der Waals surface area contributed by atoms with Crippen molar-refractivity contribution in [3.8, 4) is 0 Å². The highest BCUT2D eigenvalue weighted by atomic mass is 16.5. The van der Waals surface area contributed by atoms with Crippen LogP contribution in [0.25, 0.3) is 0 Å². The van der Waals surface area contributed by atoms with Crippen LogP contribution >= 0.6 is 0 Å². The lowest BCUT2D eigenvalue weighted by molar-refractivity contribution is -0.142. The first-order chi connectivity index (χ1) is 9.38. The molecule has 1 rings (SSSR count). The number of carboxylic acids is 1. The lowest BCUT2D eigenvalue weighted by atomic mass is 10.0. The van der Waals surface area contributed by atoms with Crippen molar-refractivity contribution in [2.45, 2.75) is 26.3 Å². The summed E-state index contributed by atoms with van der Waals surface area (Å²) in [5.41, 5.74) is 0.884. The zero-order valence-electron chi connectivity index (χ0n) is 12.5. The molecular weight excluding hydrogens is 260 g/mol. The third kappa shape index (κ3) is 3.96. The average Bonchev–Trinajstić information content (AvgIpc) is 2.83. The van der Waals surface area contributed by atoms with Gasteiger partial charge in [-0.3, -0.25) is 4.79 Å². The Kier molecular flexibility index (Phi) is 6.01. The van der Waals surface area contributed by atoms with E-state index >= 15 is 0 Å². The molecule has 1 aliphatic rings. The number of amides is 2. The maximum Gasteiger partial charge on any atom is 0.320 e. The second-order valence-corrected chi connectivity index (χ2v) is 5.34. The van der Waals surface area contributed by atoms with Gasteiger partial charge in [-0.25, -0.2) is 4.79 Å². The summed E-state index contributed by atoms with van der Waals surface area (Å²) in [5.74, 6) is -1.56. The van der Waals surface area contributed by atoms with Gasteiger partial charge in [0.05, 0.1) is 19.3 Å². The third-order valence-corrected chi connectivity index (χ3v) is 3.31. The van der Waals surface area contributed by atoms with Crippen LogP contribution in [0.2, 0.25) is 0 Å². The molecule has 114 valence electrons. The molecule has 2 unspecified atom stereocenters. The van der Waals surface area contributed by atoms with Gasteiger partial charge in [0.2, 0.25) is 0 Å². The monoisotopic (exact) mass is 284 g/mol. The lowest BCUT2D eigenvalue weighted by Crippen LogP contribution is -2.51. The predicted molar refractivity (Wildman–Crippen MR) is 75.6 cm³/mol. The van der Waals surface area contributed by atoms with Gasteiger partial charge in [-0.2, -0.15) is 0 Å². The molecule has 20 heavy (non-hydrogen) atoms. The lowest BCUT2D eigenvalue weighted by Gasteiger charge is -2.33. The Balaban J connectivity index is 2.84. The van der Waals surface area contributed by atoms with Gasteiger partial charge in [0.1, 0.15) is 5.92 Å². The number of rotatable bonds is 6. The fraction of sp³-hybridized carbons (Fsp3) is 0.714. The minimum Gasteiger partial charge on any atom is -0.481 e. The van der Waals surface area contributed by atoms with Crippen molar-refractivity contribution < 1.29 is 19.4 Å². The van der Waals surface area contributed by atoms with Crippen molar-refractivity contribution in [3.63, 3.8) is 0 Å². The molecule has 0 bridgehead atoms. The van der Waals surface area contributed by atoms with E-state index in [1.54, 1.807) is 16.8 Å². The minimum atomic E-state index is -0.913. The highest BCUT2D eigenvalue weighted by Gasteiger charge is 2.40. The summed E-state index contributed by atoms with van der Waals surface area (Å²) in [6.45, 7) is 9.04. The molecule has 0 saturated carbocycles. The molecule has 1 N–H and O–H groups in total. The number of carbonyl (C=O) groups is 2. The Bertz CT molecular complexity index is 383.